The molecule has 0 aromatic heterocycles. The van der Waals surface area contributed by atoms with Gasteiger partial charge in [0.2, 0.25) is 23.6 Å². The van der Waals surface area contributed by atoms with E-state index in [1.54, 1.807) is 0 Å². The predicted molar refractivity (Wildman–Crippen MR) is 118 cm³/mol. The summed E-state index contributed by atoms with van der Waals surface area (Å²) in [6.45, 7) is 0.225. The van der Waals surface area contributed by atoms with Gasteiger partial charge in [-0.1, -0.05) is 0 Å². The van der Waals surface area contributed by atoms with Crippen LogP contribution in [-0.2, 0) is 28.8 Å². The highest BCUT2D eigenvalue weighted by Gasteiger charge is 2.39. The van der Waals surface area contributed by atoms with Crippen molar-refractivity contribution in [3.05, 3.63) is 0 Å². The van der Waals surface area contributed by atoms with Crippen molar-refractivity contribution in [1.82, 2.24) is 15.5 Å². The number of rotatable bonds is 14. The molecule has 0 bridgehead atoms. The molecular weight excluding hydrogens is 458 g/mol. The maximum atomic E-state index is 13.2. The molecule has 13 nitrogen and oxygen atoms in total. The number of hydrogen-bond donors (Lipinski definition) is 6. The van der Waals surface area contributed by atoms with Crippen molar-refractivity contribution in [2.45, 2.75) is 62.7 Å². The zero-order valence-corrected chi connectivity index (χ0v) is 19.1. The molecule has 0 radical (unpaired) electrons. The largest absolute Gasteiger partial charge is 0.481 e. The third-order valence-electron chi connectivity index (χ3n) is 5.09. The van der Waals surface area contributed by atoms with Crippen LogP contribution in [0.1, 0.15) is 38.5 Å². The van der Waals surface area contributed by atoms with Crippen molar-refractivity contribution in [2.24, 2.45) is 11.5 Å². The smallest absolute Gasteiger partial charge is 0.326 e. The van der Waals surface area contributed by atoms with Crippen molar-refractivity contribution < 1.29 is 39.0 Å². The lowest BCUT2D eigenvalue weighted by molar-refractivity contribution is -0.145. The van der Waals surface area contributed by atoms with E-state index >= 15 is 0 Å². The number of carboxylic acids is 2. The van der Waals surface area contributed by atoms with Gasteiger partial charge in [0, 0.05) is 13.0 Å². The fourth-order valence-corrected chi connectivity index (χ4v) is 3.84. The molecule has 1 aliphatic rings. The Morgan fingerprint density at radius 1 is 1.09 bits per heavy atom. The monoisotopic (exact) mass is 489 g/mol. The van der Waals surface area contributed by atoms with Gasteiger partial charge in [0.15, 0.2) is 0 Å². The van der Waals surface area contributed by atoms with Gasteiger partial charge in [-0.05, 0) is 37.7 Å². The summed E-state index contributed by atoms with van der Waals surface area (Å²) in [6.07, 6.45) is 1.79. The fourth-order valence-electron chi connectivity index (χ4n) is 3.37. The van der Waals surface area contributed by atoms with Crippen molar-refractivity contribution >= 4 is 47.3 Å². The van der Waals surface area contributed by atoms with Crippen molar-refractivity contribution in [1.29, 1.82) is 0 Å². The van der Waals surface area contributed by atoms with Gasteiger partial charge in [-0.3, -0.25) is 24.0 Å². The Morgan fingerprint density at radius 2 is 1.76 bits per heavy atom. The van der Waals surface area contributed by atoms with E-state index in [9.17, 15) is 33.9 Å². The van der Waals surface area contributed by atoms with E-state index < -0.39 is 66.2 Å². The quantitative estimate of drug-likeness (QED) is 0.155. The molecule has 0 aliphatic carbocycles. The molecule has 1 saturated heterocycles. The van der Waals surface area contributed by atoms with Gasteiger partial charge in [0.05, 0.1) is 12.5 Å². The second kappa shape index (κ2) is 13.6. The summed E-state index contributed by atoms with van der Waals surface area (Å²) in [4.78, 5) is 72.6. The average Bonchev–Trinajstić information content (AvgIpc) is 3.22. The fraction of sp³-hybridized carbons (Fsp3) is 0.684. The molecule has 4 amide bonds. The van der Waals surface area contributed by atoms with Crippen molar-refractivity contribution in [3.63, 3.8) is 0 Å². The molecular formula is C19H31N5O8S. The Labute approximate surface area is 195 Å². The summed E-state index contributed by atoms with van der Waals surface area (Å²) in [6, 6.07) is -4.66. The topological polar surface area (TPSA) is 222 Å². The Morgan fingerprint density at radius 3 is 2.30 bits per heavy atom. The van der Waals surface area contributed by atoms with Crippen LogP contribution in [0.4, 0.5) is 0 Å². The average molecular weight is 490 g/mol. The first-order valence-electron chi connectivity index (χ1n) is 10.4. The van der Waals surface area contributed by atoms with Gasteiger partial charge >= 0.3 is 11.9 Å². The molecule has 0 saturated carbocycles. The van der Waals surface area contributed by atoms with E-state index in [0.29, 0.717) is 18.6 Å². The number of primary amides is 1. The SMILES string of the molecule is CSCCC(NC(=O)C(N)CC(=O)O)C(=O)N1CCCC1C(=O)NC(CCC(N)=O)C(=O)O. The summed E-state index contributed by atoms with van der Waals surface area (Å²) in [5, 5.41) is 22.9. The molecule has 186 valence electrons. The molecule has 8 N–H and O–H groups in total. The highest BCUT2D eigenvalue weighted by molar-refractivity contribution is 7.98. The van der Waals surface area contributed by atoms with E-state index in [2.05, 4.69) is 10.6 Å². The molecule has 0 aromatic carbocycles. The number of nitrogens with zero attached hydrogens (tertiary/aromatic N) is 1. The molecule has 1 heterocycles. The molecule has 33 heavy (non-hydrogen) atoms. The molecule has 1 rings (SSSR count). The molecule has 1 fully saturated rings. The number of aliphatic carboxylic acids is 2. The zero-order chi connectivity index (χ0) is 25.1. The van der Waals surface area contributed by atoms with Gasteiger partial charge < -0.3 is 37.2 Å². The minimum atomic E-state index is -1.34. The van der Waals surface area contributed by atoms with Crippen LogP contribution in [0.15, 0.2) is 0 Å². The van der Waals surface area contributed by atoms with Crippen LogP contribution in [0.2, 0.25) is 0 Å². The molecule has 4 unspecified atom stereocenters. The highest BCUT2D eigenvalue weighted by Crippen LogP contribution is 2.20. The lowest BCUT2D eigenvalue weighted by atomic mass is 10.1. The summed E-state index contributed by atoms with van der Waals surface area (Å²) < 4.78 is 0. The van der Waals surface area contributed by atoms with Crippen LogP contribution in [0.3, 0.4) is 0 Å². The second-order valence-electron chi connectivity index (χ2n) is 7.64. The Balaban J connectivity index is 2.92. The summed E-state index contributed by atoms with van der Waals surface area (Å²) in [5.41, 5.74) is 10.6. The van der Waals surface area contributed by atoms with Crippen LogP contribution in [-0.4, -0.2) is 93.4 Å². The maximum absolute atomic E-state index is 13.2. The minimum absolute atomic E-state index is 0.190. The van der Waals surface area contributed by atoms with Crippen LogP contribution in [0, 0.1) is 0 Å². The molecule has 0 spiro atoms. The second-order valence-corrected chi connectivity index (χ2v) is 8.63. The van der Waals surface area contributed by atoms with E-state index in [0.717, 1.165) is 0 Å². The molecule has 0 aromatic rings. The van der Waals surface area contributed by atoms with Crippen LogP contribution >= 0.6 is 11.8 Å². The normalized spacial score (nSPS) is 18.1. The summed E-state index contributed by atoms with van der Waals surface area (Å²) >= 11 is 1.43. The first-order valence-corrected chi connectivity index (χ1v) is 11.8. The van der Waals surface area contributed by atoms with E-state index in [1.165, 1.54) is 16.7 Å². The molecule has 1 aliphatic heterocycles. The highest BCUT2D eigenvalue weighted by atomic mass is 32.2. The number of nitrogens with two attached hydrogens (primary N) is 2. The lowest BCUT2D eigenvalue weighted by Gasteiger charge is -2.30. The predicted octanol–water partition coefficient (Wildman–Crippen LogP) is -2.15. The van der Waals surface area contributed by atoms with Gasteiger partial charge in [0.1, 0.15) is 18.1 Å². The Kier molecular flexibility index (Phi) is 11.6. The van der Waals surface area contributed by atoms with Gasteiger partial charge in [-0.2, -0.15) is 11.8 Å². The third-order valence-corrected chi connectivity index (χ3v) is 5.73. The van der Waals surface area contributed by atoms with Gasteiger partial charge in [0.25, 0.3) is 0 Å². The summed E-state index contributed by atoms with van der Waals surface area (Å²) in [7, 11) is 0. The lowest BCUT2D eigenvalue weighted by Crippen LogP contribution is -2.57. The van der Waals surface area contributed by atoms with E-state index in [-0.39, 0.29) is 25.8 Å². The summed E-state index contributed by atoms with van der Waals surface area (Å²) in [5.74, 6) is -4.82. The number of nitrogens with one attached hydrogen (secondary N) is 2. The Hall–Kier alpha value is -2.87. The number of amides is 4. The van der Waals surface area contributed by atoms with Gasteiger partial charge in [-0.25, -0.2) is 4.79 Å². The first-order chi connectivity index (χ1) is 15.5. The third kappa shape index (κ3) is 9.26. The van der Waals surface area contributed by atoms with E-state index in [1.807, 2.05) is 6.26 Å². The minimum Gasteiger partial charge on any atom is -0.481 e. The molecule has 4 atom stereocenters. The van der Waals surface area contributed by atoms with Gasteiger partial charge in [-0.15, -0.1) is 0 Å². The number of carbonyl (C=O) groups excluding carboxylic acids is 4. The number of likely N-dealkylation sites (tertiary alicyclic amines) is 1. The Bertz CT molecular complexity index is 764. The van der Waals surface area contributed by atoms with Crippen LogP contribution in [0.25, 0.3) is 0 Å². The zero-order valence-electron chi connectivity index (χ0n) is 18.3. The molecule has 14 heteroatoms. The van der Waals surface area contributed by atoms with Crippen molar-refractivity contribution in [2.75, 3.05) is 18.6 Å². The first kappa shape index (κ1) is 28.2. The van der Waals surface area contributed by atoms with Crippen LogP contribution in [0.5, 0.6) is 0 Å². The number of carbonyl (C=O) groups is 6. The van der Waals surface area contributed by atoms with Crippen LogP contribution < -0.4 is 22.1 Å². The standard InChI is InChI=1S/C19H31N5O8S/c1-33-8-6-11(22-16(28)10(20)9-15(26)27)18(30)24-7-2-3-13(24)17(29)23-12(19(31)32)4-5-14(21)25/h10-13H,2-9,20H2,1H3,(H2,21,25)(H,22,28)(H,23,29)(H,26,27)(H,31,32). The number of carboxylic acid groups (broad SMARTS) is 2. The number of hydrogen-bond acceptors (Lipinski definition) is 8. The van der Waals surface area contributed by atoms with E-state index in [4.69, 9.17) is 16.6 Å². The number of thioether (sulfide) groups is 1. The maximum Gasteiger partial charge on any atom is 0.326 e. The van der Waals surface area contributed by atoms with Crippen molar-refractivity contribution in [3.8, 4) is 0 Å².